The summed E-state index contributed by atoms with van der Waals surface area (Å²) < 4.78 is 41.0. The molecule has 0 unspecified atom stereocenters. The molecule has 0 atom stereocenters. The Hall–Kier alpha value is -1.09. The SMILES string of the molecule is COC(=O)c1ccc(N(Br)C(=O)C(F)(F)F)s1. The lowest BCUT2D eigenvalue weighted by atomic mass is 10.4. The summed E-state index contributed by atoms with van der Waals surface area (Å²) in [6.45, 7) is 0. The highest BCUT2D eigenvalue weighted by Crippen LogP contribution is 2.32. The Bertz CT molecular complexity index is 445. The van der Waals surface area contributed by atoms with Crippen LogP contribution in [-0.4, -0.2) is 25.2 Å². The average Bonchev–Trinajstić information content (AvgIpc) is 2.73. The molecular formula is C8H5BrF3NO3S. The maximum absolute atomic E-state index is 12.1. The van der Waals surface area contributed by atoms with Crippen LogP contribution in [0.4, 0.5) is 18.2 Å². The maximum atomic E-state index is 12.1. The van der Waals surface area contributed by atoms with E-state index in [1.807, 2.05) is 0 Å². The lowest BCUT2D eigenvalue weighted by Gasteiger charge is -2.13. The van der Waals surface area contributed by atoms with Crippen LogP contribution in [0.2, 0.25) is 0 Å². The van der Waals surface area contributed by atoms with Gasteiger partial charge in [-0.25, -0.2) is 8.72 Å². The largest absolute Gasteiger partial charge is 0.472 e. The summed E-state index contributed by atoms with van der Waals surface area (Å²) in [4.78, 5) is 22.0. The first-order chi connectivity index (χ1) is 7.77. The van der Waals surface area contributed by atoms with Gasteiger partial charge in [-0.2, -0.15) is 13.2 Å². The van der Waals surface area contributed by atoms with E-state index in [1.54, 1.807) is 0 Å². The molecule has 17 heavy (non-hydrogen) atoms. The van der Waals surface area contributed by atoms with E-state index in [9.17, 15) is 22.8 Å². The van der Waals surface area contributed by atoms with Crippen molar-refractivity contribution >= 4 is 44.4 Å². The molecular weight excluding hydrogens is 327 g/mol. The van der Waals surface area contributed by atoms with Crippen molar-refractivity contribution in [1.29, 1.82) is 0 Å². The minimum Gasteiger partial charge on any atom is -0.465 e. The third kappa shape index (κ3) is 3.19. The molecule has 0 aliphatic heterocycles. The molecule has 4 nitrogen and oxygen atoms in total. The molecule has 0 radical (unpaired) electrons. The van der Waals surface area contributed by atoms with Crippen molar-refractivity contribution in [2.45, 2.75) is 6.18 Å². The Labute approximate surface area is 106 Å². The van der Waals surface area contributed by atoms with Gasteiger partial charge in [0.2, 0.25) is 0 Å². The van der Waals surface area contributed by atoms with Gasteiger partial charge >= 0.3 is 18.1 Å². The third-order valence-electron chi connectivity index (χ3n) is 1.59. The summed E-state index contributed by atoms with van der Waals surface area (Å²) in [7, 11) is 1.15. The van der Waals surface area contributed by atoms with Gasteiger partial charge in [0, 0.05) is 0 Å². The van der Waals surface area contributed by atoms with Crippen molar-refractivity contribution in [3.63, 3.8) is 0 Å². The summed E-state index contributed by atoms with van der Waals surface area (Å²) >= 11 is 3.20. The highest BCUT2D eigenvalue weighted by molar-refractivity contribution is 9.10. The maximum Gasteiger partial charge on any atom is 0.472 e. The zero-order chi connectivity index (χ0) is 13.2. The van der Waals surface area contributed by atoms with Crippen LogP contribution in [0.25, 0.3) is 0 Å². The van der Waals surface area contributed by atoms with Crippen LogP contribution in [0.1, 0.15) is 9.67 Å². The van der Waals surface area contributed by atoms with Crippen molar-refractivity contribution in [2.24, 2.45) is 0 Å². The molecule has 1 heterocycles. The number of methoxy groups -OCH3 is 1. The monoisotopic (exact) mass is 331 g/mol. The van der Waals surface area contributed by atoms with Crippen LogP contribution in [-0.2, 0) is 9.53 Å². The molecule has 94 valence electrons. The number of halogens is 4. The van der Waals surface area contributed by atoms with Crippen LogP contribution in [0, 0.1) is 0 Å². The summed E-state index contributed by atoms with van der Waals surface area (Å²) in [6, 6.07) is 2.47. The molecule has 0 bridgehead atoms. The molecule has 0 aromatic carbocycles. The Morgan fingerprint density at radius 1 is 1.41 bits per heavy atom. The molecule has 0 fully saturated rings. The van der Waals surface area contributed by atoms with Gasteiger partial charge in [0.05, 0.1) is 23.3 Å². The molecule has 1 aromatic rings. The predicted octanol–water partition coefficient (Wildman–Crippen LogP) is 2.74. The summed E-state index contributed by atoms with van der Waals surface area (Å²) in [5.74, 6) is -2.75. The minimum atomic E-state index is -4.99. The minimum absolute atomic E-state index is 0.0623. The molecule has 1 amide bonds. The quantitative estimate of drug-likeness (QED) is 0.618. The van der Waals surface area contributed by atoms with Gasteiger partial charge in [0.1, 0.15) is 9.88 Å². The summed E-state index contributed by atoms with van der Waals surface area (Å²) in [5, 5.41) is -0.0623. The van der Waals surface area contributed by atoms with Crippen LogP contribution in [0.5, 0.6) is 0 Å². The fourth-order valence-corrected chi connectivity index (χ4v) is 2.22. The normalized spacial score (nSPS) is 11.1. The van der Waals surface area contributed by atoms with Gasteiger partial charge in [0.25, 0.3) is 0 Å². The van der Waals surface area contributed by atoms with Crippen molar-refractivity contribution in [3.8, 4) is 0 Å². The third-order valence-corrected chi connectivity index (χ3v) is 3.58. The Morgan fingerprint density at radius 3 is 2.47 bits per heavy atom. The average molecular weight is 332 g/mol. The van der Waals surface area contributed by atoms with Crippen LogP contribution < -0.4 is 3.93 Å². The van der Waals surface area contributed by atoms with Gasteiger partial charge in [-0.15, -0.1) is 11.3 Å². The second kappa shape index (κ2) is 5.05. The number of rotatable bonds is 2. The lowest BCUT2D eigenvalue weighted by Crippen LogP contribution is -2.34. The molecule has 0 aliphatic carbocycles. The van der Waals surface area contributed by atoms with Crippen LogP contribution in [0.3, 0.4) is 0 Å². The van der Waals surface area contributed by atoms with Gasteiger partial charge < -0.3 is 4.74 Å². The number of carbonyl (C=O) groups excluding carboxylic acids is 2. The molecule has 1 aromatic heterocycles. The molecule has 1 rings (SSSR count). The summed E-state index contributed by atoms with van der Waals surface area (Å²) in [5.41, 5.74) is 0. The van der Waals surface area contributed by atoms with E-state index in [4.69, 9.17) is 0 Å². The molecule has 0 N–H and O–H groups in total. The van der Waals surface area contributed by atoms with E-state index in [0.29, 0.717) is 11.3 Å². The molecule has 0 saturated carbocycles. The molecule has 9 heteroatoms. The second-order valence-corrected chi connectivity index (χ2v) is 4.48. The number of hydrogen-bond donors (Lipinski definition) is 0. The second-order valence-electron chi connectivity index (χ2n) is 2.71. The Balaban J connectivity index is 2.91. The van der Waals surface area contributed by atoms with E-state index < -0.39 is 18.1 Å². The smallest absolute Gasteiger partial charge is 0.465 e. The van der Waals surface area contributed by atoms with Crippen LogP contribution in [0.15, 0.2) is 12.1 Å². The number of esters is 1. The van der Waals surface area contributed by atoms with E-state index in [-0.39, 0.29) is 13.8 Å². The van der Waals surface area contributed by atoms with Gasteiger partial charge in [-0.3, -0.25) is 4.79 Å². The van der Waals surface area contributed by atoms with Crippen LogP contribution >= 0.6 is 27.5 Å². The zero-order valence-electron chi connectivity index (χ0n) is 8.25. The molecule has 0 spiro atoms. The number of hydrogen-bond acceptors (Lipinski definition) is 4. The number of ether oxygens (including phenoxy) is 1. The van der Waals surface area contributed by atoms with Crippen molar-refractivity contribution in [3.05, 3.63) is 17.0 Å². The van der Waals surface area contributed by atoms with E-state index in [1.165, 1.54) is 12.1 Å². The topological polar surface area (TPSA) is 46.6 Å². The number of amides is 1. The number of alkyl halides is 3. The van der Waals surface area contributed by atoms with Gasteiger partial charge in [0.15, 0.2) is 0 Å². The number of anilines is 1. The number of nitrogens with zero attached hydrogens (tertiary/aromatic N) is 1. The van der Waals surface area contributed by atoms with Crippen molar-refractivity contribution in [1.82, 2.24) is 0 Å². The fourth-order valence-electron chi connectivity index (χ4n) is 0.855. The number of thiophene rings is 1. The fraction of sp³-hybridized carbons (Fsp3) is 0.250. The lowest BCUT2D eigenvalue weighted by molar-refractivity contribution is -0.168. The van der Waals surface area contributed by atoms with Crippen molar-refractivity contribution in [2.75, 3.05) is 11.0 Å². The van der Waals surface area contributed by atoms with Crippen molar-refractivity contribution < 1.29 is 27.5 Å². The van der Waals surface area contributed by atoms with Gasteiger partial charge in [-0.05, 0) is 12.1 Å². The highest BCUT2D eigenvalue weighted by atomic mass is 79.9. The molecule has 0 aliphatic rings. The van der Waals surface area contributed by atoms with E-state index in [2.05, 4.69) is 20.9 Å². The standard InChI is InChI=1S/C8H5BrF3NO3S/c1-16-6(14)4-2-3-5(17-4)13(9)7(15)8(10,11)12/h2-3H,1H3. The highest BCUT2D eigenvalue weighted by Gasteiger charge is 2.43. The first-order valence-electron chi connectivity index (χ1n) is 4.02. The van der Waals surface area contributed by atoms with E-state index in [0.717, 1.165) is 7.11 Å². The number of carbonyl (C=O) groups is 2. The first-order valence-corrected chi connectivity index (χ1v) is 5.55. The molecule has 0 saturated heterocycles. The Kier molecular flexibility index (Phi) is 4.15. The van der Waals surface area contributed by atoms with Gasteiger partial charge in [-0.1, -0.05) is 0 Å². The predicted molar refractivity (Wildman–Crippen MR) is 58.1 cm³/mol. The first kappa shape index (κ1) is 14.0. The summed E-state index contributed by atoms with van der Waals surface area (Å²) in [6.07, 6.45) is -4.99. The Morgan fingerprint density at radius 2 is 2.00 bits per heavy atom. The zero-order valence-corrected chi connectivity index (χ0v) is 10.6. The van der Waals surface area contributed by atoms with E-state index >= 15 is 0 Å².